The number of benzene rings is 4. The van der Waals surface area contributed by atoms with Gasteiger partial charge in [-0.3, -0.25) is 8.37 Å². The van der Waals surface area contributed by atoms with Gasteiger partial charge in [0.1, 0.15) is 12.2 Å². The Hall–Kier alpha value is -3.22. The van der Waals surface area contributed by atoms with Gasteiger partial charge in [-0.15, -0.1) is 0 Å². The summed E-state index contributed by atoms with van der Waals surface area (Å²) in [7, 11) is -1.46. The average Bonchev–Trinajstić information content (AvgIpc) is 3.17. The second-order valence-electron chi connectivity index (χ2n) is 13.0. The van der Waals surface area contributed by atoms with E-state index in [4.69, 9.17) is 36.8 Å². The molecule has 0 aliphatic heterocycles. The van der Waals surface area contributed by atoms with Crippen molar-refractivity contribution in [2.45, 2.75) is 62.9 Å². The lowest BCUT2D eigenvalue weighted by atomic mass is 10.1. The van der Waals surface area contributed by atoms with Gasteiger partial charge in [-0.05, 0) is 95.8 Å². The summed E-state index contributed by atoms with van der Waals surface area (Å²) >= 11 is 6.58. The highest BCUT2D eigenvalue weighted by molar-refractivity contribution is 9.10. The van der Waals surface area contributed by atoms with Crippen LogP contribution in [0, 0.1) is 11.8 Å². The molecule has 0 radical (unpaired) electrons. The number of halogens is 2. The van der Waals surface area contributed by atoms with Crippen molar-refractivity contribution >= 4 is 52.1 Å². The Morgan fingerprint density at radius 3 is 1.09 bits per heavy atom. The first kappa shape index (κ1) is 47.2. The van der Waals surface area contributed by atoms with Crippen LogP contribution in [0.25, 0.3) is 0 Å². The molecule has 0 saturated carbocycles. The average molecular weight is 947 g/mol. The lowest BCUT2D eigenvalue weighted by Gasteiger charge is -2.21. The second-order valence-corrected chi connectivity index (χ2v) is 18.0. The van der Waals surface area contributed by atoms with Crippen molar-refractivity contribution in [3.8, 4) is 23.0 Å². The minimum Gasteiger partial charge on any atom is -0.493 e. The summed E-state index contributed by atoms with van der Waals surface area (Å²) in [5.74, 6) is 2.40. The van der Waals surface area contributed by atoms with Gasteiger partial charge in [0.25, 0.3) is 20.2 Å². The summed E-state index contributed by atoms with van der Waals surface area (Å²) in [5, 5.41) is 0. The maximum atomic E-state index is 12.5. The molecule has 0 fully saturated rings. The maximum Gasteiger partial charge on any atom is 0.297 e. The van der Waals surface area contributed by atoms with E-state index >= 15 is 0 Å². The van der Waals surface area contributed by atoms with Crippen molar-refractivity contribution < 1.29 is 53.6 Å². The number of methoxy groups -OCH3 is 4. The molecule has 0 unspecified atom stereocenters. The minimum absolute atomic E-state index is 0.0457. The van der Waals surface area contributed by atoms with Crippen LogP contribution in [-0.2, 0) is 51.3 Å². The molecule has 308 valence electrons. The van der Waals surface area contributed by atoms with Crippen molar-refractivity contribution in [3.05, 3.63) is 105 Å². The fourth-order valence-corrected chi connectivity index (χ4v) is 7.72. The van der Waals surface area contributed by atoms with E-state index in [0.717, 1.165) is 20.1 Å². The molecule has 4 aromatic rings. The summed E-state index contributed by atoms with van der Waals surface area (Å²) in [6.07, 6.45) is -1.21. The third-order valence-electron chi connectivity index (χ3n) is 8.19. The fraction of sp³-hybridized carbons (Fsp3) is 0.400. The maximum absolute atomic E-state index is 12.5. The van der Waals surface area contributed by atoms with Gasteiger partial charge in [-0.2, -0.15) is 16.8 Å². The van der Waals surface area contributed by atoms with Crippen molar-refractivity contribution in [2.75, 3.05) is 41.7 Å². The number of ether oxygens (including phenoxy) is 6. The molecule has 0 aliphatic carbocycles. The van der Waals surface area contributed by atoms with Crippen molar-refractivity contribution in [2.24, 2.45) is 11.8 Å². The third-order valence-corrected chi connectivity index (χ3v) is 11.9. The summed E-state index contributed by atoms with van der Waals surface area (Å²) < 4.78 is 95.0. The van der Waals surface area contributed by atoms with Crippen LogP contribution in [0.3, 0.4) is 0 Å². The molecule has 0 saturated heterocycles. The van der Waals surface area contributed by atoms with E-state index in [9.17, 15) is 16.8 Å². The monoisotopic (exact) mass is 944 g/mol. The van der Waals surface area contributed by atoms with Crippen molar-refractivity contribution in [1.82, 2.24) is 0 Å². The van der Waals surface area contributed by atoms with Crippen LogP contribution >= 0.6 is 31.9 Å². The predicted octanol–water partition coefficient (Wildman–Crippen LogP) is 8.83. The zero-order valence-electron chi connectivity index (χ0n) is 32.7. The van der Waals surface area contributed by atoms with Gasteiger partial charge in [0, 0.05) is 8.95 Å². The normalized spacial score (nSPS) is 12.8. The first-order valence-corrected chi connectivity index (χ1v) is 21.9. The van der Waals surface area contributed by atoms with Crippen molar-refractivity contribution in [1.29, 1.82) is 0 Å². The summed E-state index contributed by atoms with van der Waals surface area (Å²) in [4.78, 5) is 0.225. The quantitative estimate of drug-likeness (QED) is 0.0782. The van der Waals surface area contributed by atoms with E-state index in [1.807, 2.05) is 52.0 Å². The Bertz CT molecular complexity index is 1880. The molecule has 0 heterocycles. The van der Waals surface area contributed by atoms with E-state index in [2.05, 4.69) is 31.9 Å². The summed E-state index contributed by atoms with van der Waals surface area (Å²) in [6.45, 7) is 8.44. The molecule has 4 rings (SSSR count). The molecule has 16 heteroatoms. The van der Waals surface area contributed by atoms with Gasteiger partial charge in [-0.1, -0.05) is 71.7 Å². The number of rotatable bonds is 20. The van der Waals surface area contributed by atoms with Crippen molar-refractivity contribution in [3.63, 3.8) is 0 Å². The van der Waals surface area contributed by atoms with E-state index in [1.165, 1.54) is 24.3 Å². The highest BCUT2D eigenvalue weighted by atomic mass is 79.9. The Morgan fingerprint density at radius 1 is 0.482 bits per heavy atom. The summed E-state index contributed by atoms with van der Waals surface area (Å²) in [6, 6.07) is 23.6. The molecule has 12 nitrogen and oxygen atoms in total. The highest BCUT2D eigenvalue weighted by Gasteiger charge is 2.26. The van der Waals surface area contributed by atoms with Crippen LogP contribution in [0.4, 0.5) is 0 Å². The third kappa shape index (κ3) is 14.6. The van der Waals surface area contributed by atoms with E-state index < -0.39 is 32.4 Å². The zero-order chi connectivity index (χ0) is 41.5. The Kier molecular flexibility index (Phi) is 19.1. The fourth-order valence-electron chi connectivity index (χ4n) is 4.83. The second kappa shape index (κ2) is 22.6. The lowest BCUT2D eigenvalue weighted by molar-refractivity contribution is 0.0232. The molecule has 56 heavy (non-hydrogen) atoms. The molecule has 0 amide bonds. The summed E-state index contributed by atoms with van der Waals surface area (Å²) in [5.41, 5.74) is 1.77. The number of hydrogen-bond acceptors (Lipinski definition) is 12. The predicted molar refractivity (Wildman–Crippen MR) is 220 cm³/mol. The highest BCUT2D eigenvalue weighted by Crippen LogP contribution is 2.29. The molecule has 2 atom stereocenters. The topological polar surface area (TPSA) is 142 Å². The number of hydrogen-bond donors (Lipinski definition) is 0. The lowest BCUT2D eigenvalue weighted by Crippen LogP contribution is -2.28. The Labute approximate surface area is 348 Å². The van der Waals surface area contributed by atoms with Crippen LogP contribution in [0.5, 0.6) is 23.0 Å². The van der Waals surface area contributed by atoms with E-state index in [-0.39, 0.29) is 34.8 Å². The molecule has 0 aliphatic rings. The minimum atomic E-state index is -3.87. The van der Waals surface area contributed by atoms with Crippen LogP contribution < -0.4 is 18.9 Å². The molecule has 0 spiro atoms. The smallest absolute Gasteiger partial charge is 0.297 e. The van der Waals surface area contributed by atoms with Gasteiger partial charge >= 0.3 is 0 Å². The SMILES string of the molecule is COc1ccc(COC[C@@H](OS(=O)(=O)c2ccc(Br)cc2)C(C)C)cc1OC.COc1ccc(COC[C@H](OS(=O)(=O)c2ccc(Br)cc2)C(C)C)cc1OC. The van der Waals surface area contributed by atoms with Crippen LogP contribution in [0.1, 0.15) is 38.8 Å². The van der Waals surface area contributed by atoms with E-state index in [1.54, 1.807) is 64.8 Å². The Morgan fingerprint density at radius 2 is 0.804 bits per heavy atom. The standard InChI is InChI=1S/2C20H25BrO6S/c2*1-14(2)20(27-28(22,23)17-8-6-16(21)7-9-17)13-26-12-15-5-10-18(24-3)19(11-15)25-4/h2*5-11,14,20H,12-13H2,1-4H3/t2*20-/m10/s1. The Balaban J connectivity index is 0.000000300. The molecule has 4 aromatic carbocycles. The molecular weight excluding hydrogens is 896 g/mol. The van der Waals surface area contributed by atoms with Crippen LogP contribution in [0.15, 0.2) is 104 Å². The van der Waals surface area contributed by atoms with Crippen LogP contribution in [-0.4, -0.2) is 70.7 Å². The molecule has 0 aromatic heterocycles. The van der Waals surface area contributed by atoms with Gasteiger partial charge in [0.15, 0.2) is 23.0 Å². The van der Waals surface area contributed by atoms with Gasteiger partial charge < -0.3 is 28.4 Å². The largest absolute Gasteiger partial charge is 0.493 e. The molecule has 0 bridgehead atoms. The van der Waals surface area contributed by atoms with E-state index in [0.29, 0.717) is 36.2 Å². The van der Waals surface area contributed by atoms with Gasteiger partial charge in [-0.25, -0.2) is 0 Å². The first-order valence-electron chi connectivity index (χ1n) is 17.5. The first-order chi connectivity index (χ1) is 26.5. The van der Waals surface area contributed by atoms with Gasteiger partial charge in [0.05, 0.1) is 64.7 Å². The molecule has 0 N–H and O–H groups in total. The van der Waals surface area contributed by atoms with Crippen LogP contribution in [0.2, 0.25) is 0 Å². The van der Waals surface area contributed by atoms with Gasteiger partial charge in [0.2, 0.25) is 0 Å². The zero-order valence-corrected chi connectivity index (χ0v) is 37.5. The molecular formula is C40H50Br2O12S2.